The van der Waals surface area contributed by atoms with Gasteiger partial charge < -0.3 is 19.5 Å². The van der Waals surface area contributed by atoms with E-state index in [4.69, 9.17) is 14.2 Å². The maximum atomic E-state index is 12.3. The lowest BCUT2D eigenvalue weighted by molar-refractivity contribution is -0.118. The fourth-order valence-electron chi connectivity index (χ4n) is 2.46. The van der Waals surface area contributed by atoms with Gasteiger partial charge in [0.25, 0.3) is 5.91 Å². The number of rotatable bonds is 5. The van der Waals surface area contributed by atoms with Crippen molar-refractivity contribution in [3.8, 4) is 17.2 Å². The smallest absolute Gasteiger partial charge is 0.262 e. The highest BCUT2D eigenvalue weighted by atomic mass is 16.5. The molecule has 0 atom stereocenters. The van der Waals surface area contributed by atoms with Crippen LogP contribution in [0.4, 0.5) is 5.69 Å². The van der Waals surface area contributed by atoms with Crippen molar-refractivity contribution < 1.29 is 23.8 Å². The Labute approximate surface area is 145 Å². The summed E-state index contributed by atoms with van der Waals surface area (Å²) in [6, 6.07) is 10.3. The molecule has 1 heterocycles. The number of ketones is 1. The third kappa shape index (κ3) is 3.63. The van der Waals surface area contributed by atoms with Gasteiger partial charge in [0.15, 0.2) is 23.9 Å². The summed E-state index contributed by atoms with van der Waals surface area (Å²) >= 11 is 0. The van der Waals surface area contributed by atoms with Gasteiger partial charge in [-0.1, -0.05) is 6.08 Å². The standard InChI is InChI=1S/C19H17NO5/c1-23-14-6-4-13(5-7-14)16(21)8-3-12-9-15-19(17(10-12)24-2)25-11-18(22)20-15/h3-10H,11H2,1-2H3,(H,20,22)/b8-3+. The minimum absolute atomic E-state index is 0.0471. The van der Waals surface area contributed by atoms with Crippen molar-refractivity contribution in [3.05, 3.63) is 53.6 Å². The molecule has 0 spiro atoms. The number of fused-ring (bicyclic) bond motifs is 1. The first kappa shape index (κ1) is 16.6. The predicted molar refractivity (Wildman–Crippen MR) is 93.5 cm³/mol. The second-order valence-electron chi connectivity index (χ2n) is 5.36. The molecule has 6 nitrogen and oxygen atoms in total. The minimum Gasteiger partial charge on any atom is -0.497 e. The third-order valence-corrected chi connectivity index (χ3v) is 3.72. The van der Waals surface area contributed by atoms with Crippen LogP contribution < -0.4 is 19.5 Å². The average molecular weight is 339 g/mol. The van der Waals surface area contributed by atoms with Crippen LogP contribution >= 0.6 is 0 Å². The van der Waals surface area contributed by atoms with Crippen molar-refractivity contribution in [2.45, 2.75) is 0 Å². The van der Waals surface area contributed by atoms with Gasteiger partial charge in [0.2, 0.25) is 0 Å². The molecule has 25 heavy (non-hydrogen) atoms. The van der Waals surface area contributed by atoms with E-state index < -0.39 is 0 Å². The van der Waals surface area contributed by atoms with Gasteiger partial charge in [-0.25, -0.2) is 0 Å². The summed E-state index contributed by atoms with van der Waals surface area (Å²) in [6.07, 6.45) is 3.13. The number of benzene rings is 2. The van der Waals surface area contributed by atoms with Crippen molar-refractivity contribution >= 4 is 23.5 Å². The molecule has 1 N–H and O–H groups in total. The summed E-state index contributed by atoms with van der Waals surface area (Å²) in [7, 11) is 3.09. The highest BCUT2D eigenvalue weighted by molar-refractivity contribution is 6.07. The molecule has 1 aliphatic rings. The van der Waals surface area contributed by atoms with E-state index in [-0.39, 0.29) is 18.3 Å². The molecule has 0 aliphatic carbocycles. The van der Waals surface area contributed by atoms with Crippen LogP contribution in [0.25, 0.3) is 6.08 Å². The maximum Gasteiger partial charge on any atom is 0.262 e. The molecule has 3 rings (SSSR count). The van der Waals surface area contributed by atoms with Gasteiger partial charge in [0.05, 0.1) is 19.9 Å². The van der Waals surface area contributed by atoms with Crippen LogP contribution in [0.1, 0.15) is 15.9 Å². The van der Waals surface area contributed by atoms with Crippen molar-refractivity contribution in [1.82, 2.24) is 0 Å². The Bertz CT molecular complexity index is 840. The van der Waals surface area contributed by atoms with Gasteiger partial charge in [-0.15, -0.1) is 0 Å². The topological polar surface area (TPSA) is 73.9 Å². The number of methoxy groups -OCH3 is 2. The Balaban J connectivity index is 1.84. The number of amides is 1. The number of nitrogens with one attached hydrogen (secondary N) is 1. The molecule has 0 fully saturated rings. The maximum absolute atomic E-state index is 12.3. The van der Waals surface area contributed by atoms with Crippen molar-refractivity contribution in [2.24, 2.45) is 0 Å². The van der Waals surface area contributed by atoms with Gasteiger partial charge in [-0.05, 0) is 48.0 Å². The molecule has 2 aromatic rings. The van der Waals surface area contributed by atoms with Crippen LogP contribution in [0.5, 0.6) is 17.2 Å². The number of carbonyl (C=O) groups is 2. The molecule has 1 amide bonds. The molecule has 2 aromatic carbocycles. The zero-order valence-corrected chi connectivity index (χ0v) is 13.9. The summed E-state index contributed by atoms with van der Waals surface area (Å²) in [5, 5.41) is 2.73. The van der Waals surface area contributed by atoms with E-state index in [1.54, 1.807) is 49.6 Å². The molecule has 0 radical (unpaired) electrons. The fraction of sp³-hybridized carbons (Fsp3) is 0.158. The summed E-state index contributed by atoms with van der Waals surface area (Å²) in [6.45, 7) is -0.0471. The second kappa shape index (κ2) is 7.09. The molecule has 6 heteroatoms. The molecule has 0 aromatic heterocycles. The lowest BCUT2D eigenvalue weighted by Crippen LogP contribution is -2.25. The van der Waals surface area contributed by atoms with E-state index in [0.29, 0.717) is 34.1 Å². The summed E-state index contributed by atoms with van der Waals surface area (Å²) in [5.74, 6) is 1.30. The van der Waals surface area contributed by atoms with E-state index in [1.807, 2.05) is 0 Å². The van der Waals surface area contributed by atoms with E-state index >= 15 is 0 Å². The third-order valence-electron chi connectivity index (χ3n) is 3.72. The van der Waals surface area contributed by atoms with Crippen LogP contribution in [0.3, 0.4) is 0 Å². The number of allylic oxidation sites excluding steroid dienone is 1. The van der Waals surface area contributed by atoms with Crippen molar-refractivity contribution in [2.75, 3.05) is 26.1 Å². The number of hydrogen-bond donors (Lipinski definition) is 1. The number of hydrogen-bond acceptors (Lipinski definition) is 5. The van der Waals surface area contributed by atoms with E-state index in [2.05, 4.69) is 5.32 Å². The molecule has 0 saturated heterocycles. The van der Waals surface area contributed by atoms with Crippen LogP contribution in [-0.2, 0) is 4.79 Å². The molecular formula is C19H17NO5. The highest BCUT2D eigenvalue weighted by Gasteiger charge is 2.20. The molecule has 0 bridgehead atoms. The second-order valence-corrected chi connectivity index (χ2v) is 5.36. The van der Waals surface area contributed by atoms with Gasteiger partial charge in [-0.2, -0.15) is 0 Å². The van der Waals surface area contributed by atoms with Crippen LogP contribution in [0.2, 0.25) is 0 Å². The van der Waals surface area contributed by atoms with Crippen LogP contribution in [0, 0.1) is 0 Å². The molecule has 1 aliphatic heterocycles. The van der Waals surface area contributed by atoms with Crippen LogP contribution in [0.15, 0.2) is 42.5 Å². The number of carbonyl (C=O) groups excluding carboxylic acids is 2. The van der Waals surface area contributed by atoms with E-state index in [9.17, 15) is 9.59 Å². The van der Waals surface area contributed by atoms with Gasteiger partial charge in [-0.3, -0.25) is 9.59 Å². The first-order valence-corrected chi connectivity index (χ1v) is 7.62. The Hall–Kier alpha value is -3.28. The summed E-state index contributed by atoms with van der Waals surface area (Å²) in [4.78, 5) is 23.7. The largest absolute Gasteiger partial charge is 0.497 e. The number of anilines is 1. The predicted octanol–water partition coefficient (Wildman–Crippen LogP) is 2.93. The molecule has 0 unspecified atom stereocenters. The van der Waals surface area contributed by atoms with Gasteiger partial charge >= 0.3 is 0 Å². The summed E-state index contributed by atoms with van der Waals surface area (Å²) in [5.41, 5.74) is 1.79. The lowest BCUT2D eigenvalue weighted by Gasteiger charge is -2.20. The van der Waals surface area contributed by atoms with Crippen molar-refractivity contribution in [3.63, 3.8) is 0 Å². The quantitative estimate of drug-likeness (QED) is 0.670. The summed E-state index contributed by atoms with van der Waals surface area (Å²) < 4.78 is 15.8. The normalized spacial score (nSPS) is 13.0. The number of ether oxygens (including phenoxy) is 3. The fourth-order valence-corrected chi connectivity index (χ4v) is 2.46. The van der Waals surface area contributed by atoms with Gasteiger partial charge in [0, 0.05) is 5.56 Å². The molecule has 0 saturated carbocycles. The Morgan fingerprint density at radius 2 is 1.92 bits per heavy atom. The first-order valence-electron chi connectivity index (χ1n) is 7.62. The van der Waals surface area contributed by atoms with Crippen molar-refractivity contribution in [1.29, 1.82) is 0 Å². The lowest BCUT2D eigenvalue weighted by atomic mass is 10.1. The zero-order valence-electron chi connectivity index (χ0n) is 13.9. The molecule has 128 valence electrons. The zero-order chi connectivity index (χ0) is 17.8. The molecular weight excluding hydrogens is 322 g/mol. The highest BCUT2D eigenvalue weighted by Crippen LogP contribution is 2.39. The average Bonchev–Trinajstić information content (AvgIpc) is 2.65. The van der Waals surface area contributed by atoms with E-state index in [0.717, 1.165) is 0 Å². The SMILES string of the molecule is COc1ccc(C(=O)/C=C/c2cc3c(c(OC)c2)OCC(=O)N3)cc1. The van der Waals surface area contributed by atoms with Crippen LogP contribution in [-0.4, -0.2) is 32.5 Å². The Kier molecular flexibility index (Phi) is 4.70. The monoisotopic (exact) mass is 339 g/mol. The minimum atomic E-state index is -0.231. The first-order chi connectivity index (χ1) is 12.1. The Morgan fingerprint density at radius 3 is 2.60 bits per heavy atom. The van der Waals surface area contributed by atoms with Gasteiger partial charge in [0.1, 0.15) is 5.75 Å². The van der Waals surface area contributed by atoms with E-state index in [1.165, 1.54) is 13.2 Å². The Morgan fingerprint density at radius 1 is 1.16 bits per heavy atom.